The van der Waals surface area contributed by atoms with Crippen molar-refractivity contribution in [3.63, 3.8) is 0 Å². The van der Waals surface area contributed by atoms with Crippen molar-refractivity contribution < 1.29 is 19.4 Å². The van der Waals surface area contributed by atoms with Crippen LogP contribution in [0.2, 0.25) is 0 Å². The first kappa shape index (κ1) is 15.0. The Morgan fingerprint density at radius 3 is 2.56 bits per heavy atom. The Kier molecular flexibility index (Phi) is 6.12. The molecule has 0 bridgehead atoms. The van der Waals surface area contributed by atoms with Crippen molar-refractivity contribution in [3.05, 3.63) is 0 Å². The summed E-state index contributed by atoms with van der Waals surface area (Å²) in [5.74, 6) is -0.0254. The van der Waals surface area contributed by atoms with E-state index in [4.69, 9.17) is 9.84 Å². The van der Waals surface area contributed by atoms with Crippen molar-refractivity contribution in [1.29, 1.82) is 0 Å². The summed E-state index contributed by atoms with van der Waals surface area (Å²) in [6.45, 7) is 5.58. The van der Waals surface area contributed by atoms with E-state index in [1.165, 1.54) is 12.8 Å². The maximum Gasteiger partial charge on any atom is 0.305 e. The molecular formula is C13H23NO4. The SMILES string of the molecule is CC(C)CN(CCC(=O)O)C(=O)COCC1CC1. The van der Waals surface area contributed by atoms with Gasteiger partial charge in [-0.1, -0.05) is 13.8 Å². The van der Waals surface area contributed by atoms with Gasteiger partial charge in [0.25, 0.3) is 0 Å². The molecule has 0 spiro atoms. The van der Waals surface area contributed by atoms with Gasteiger partial charge in [-0.2, -0.15) is 0 Å². The second kappa shape index (κ2) is 7.36. The van der Waals surface area contributed by atoms with Crippen LogP contribution in [0, 0.1) is 11.8 Å². The molecule has 0 aromatic heterocycles. The van der Waals surface area contributed by atoms with E-state index in [9.17, 15) is 9.59 Å². The standard InChI is InChI=1S/C13H23NO4/c1-10(2)7-14(6-5-13(16)17)12(15)9-18-8-11-3-4-11/h10-11H,3-9H2,1-2H3,(H,16,17). The molecule has 0 unspecified atom stereocenters. The van der Waals surface area contributed by atoms with Crippen LogP contribution in [0.15, 0.2) is 0 Å². The summed E-state index contributed by atoms with van der Waals surface area (Å²) in [5.41, 5.74) is 0. The number of rotatable bonds is 9. The topological polar surface area (TPSA) is 66.8 Å². The molecule has 0 aliphatic heterocycles. The van der Waals surface area contributed by atoms with E-state index in [-0.39, 0.29) is 25.5 Å². The van der Waals surface area contributed by atoms with E-state index < -0.39 is 5.97 Å². The number of carboxylic acids is 1. The zero-order valence-corrected chi connectivity index (χ0v) is 11.2. The van der Waals surface area contributed by atoms with Gasteiger partial charge in [-0.25, -0.2) is 0 Å². The summed E-state index contributed by atoms with van der Waals surface area (Å²) < 4.78 is 5.35. The molecule has 0 aromatic rings. The van der Waals surface area contributed by atoms with Crippen LogP contribution in [0.25, 0.3) is 0 Å². The lowest BCUT2D eigenvalue weighted by Crippen LogP contribution is -2.38. The van der Waals surface area contributed by atoms with E-state index in [0.29, 0.717) is 25.0 Å². The highest BCUT2D eigenvalue weighted by Gasteiger charge is 2.22. The number of hydrogen-bond donors (Lipinski definition) is 1. The molecule has 1 rings (SSSR count). The predicted octanol–water partition coefficient (Wildman–Crippen LogP) is 1.37. The average molecular weight is 257 g/mol. The van der Waals surface area contributed by atoms with Crippen LogP contribution in [0.4, 0.5) is 0 Å². The zero-order chi connectivity index (χ0) is 13.5. The Bertz CT molecular complexity index is 287. The molecule has 1 amide bonds. The van der Waals surface area contributed by atoms with Crippen molar-refractivity contribution in [1.82, 2.24) is 4.90 Å². The van der Waals surface area contributed by atoms with E-state index in [0.717, 1.165) is 0 Å². The smallest absolute Gasteiger partial charge is 0.305 e. The van der Waals surface area contributed by atoms with Gasteiger partial charge >= 0.3 is 5.97 Å². The monoisotopic (exact) mass is 257 g/mol. The third kappa shape index (κ3) is 6.59. The third-order valence-corrected chi connectivity index (χ3v) is 2.81. The molecule has 18 heavy (non-hydrogen) atoms. The van der Waals surface area contributed by atoms with E-state index in [2.05, 4.69) is 0 Å². The predicted molar refractivity (Wildman–Crippen MR) is 67.2 cm³/mol. The number of carboxylic acid groups (broad SMARTS) is 1. The maximum atomic E-state index is 11.9. The molecule has 0 heterocycles. The first-order valence-electron chi connectivity index (χ1n) is 6.56. The van der Waals surface area contributed by atoms with Crippen LogP contribution in [0.1, 0.15) is 33.1 Å². The van der Waals surface area contributed by atoms with Crippen LogP contribution in [0.3, 0.4) is 0 Å². The van der Waals surface area contributed by atoms with Gasteiger partial charge in [0.15, 0.2) is 0 Å². The molecule has 0 aromatic carbocycles. The summed E-state index contributed by atoms with van der Waals surface area (Å²) in [6, 6.07) is 0. The molecule has 1 fully saturated rings. The Morgan fingerprint density at radius 2 is 2.06 bits per heavy atom. The second-order valence-electron chi connectivity index (χ2n) is 5.34. The number of hydrogen-bond acceptors (Lipinski definition) is 3. The number of carbonyl (C=O) groups excluding carboxylic acids is 1. The minimum atomic E-state index is -0.879. The third-order valence-electron chi connectivity index (χ3n) is 2.81. The van der Waals surface area contributed by atoms with E-state index >= 15 is 0 Å². The fraction of sp³-hybridized carbons (Fsp3) is 0.846. The number of amides is 1. The Balaban J connectivity index is 2.30. The summed E-state index contributed by atoms with van der Waals surface area (Å²) in [5, 5.41) is 8.67. The molecule has 5 heteroatoms. The highest BCUT2D eigenvalue weighted by molar-refractivity contribution is 5.78. The van der Waals surface area contributed by atoms with Gasteiger partial charge in [0.1, 0.15) is 6.61 Å². The van der Waals surface area contributed by atoms with E-state index in [1.807, 2.05) is 13.8 Å². The summed E-state index contributed by atoms with van der Waals surface area (Å²) in [4.78, 5) is 24.0. The number of aliphatic carboxylic acids is 1. The van der Waals surface area contributed by atoms with Gasteiger partial charge in [-0.05, 0) is 24.7 Å². The van der Waals surface area contributed by atoms with Crippen LogP contribution < -0.4 is 0 Å². The largest absolute Gasteiger partial charge is 0.481 e. The Hall–Kier alpha value is -1.10. The van der Waals surface area contributed by atoms with Gasteiger partial charge in [0.05, 0.1) is 13.0 Å². The van der Waals surface area contributed by atoms with Crippen LogP contribution in [-0.4, -0.2) is 48.2 Å². The molecule has 0 saturated heterocycles. The normalized spacial score (nSPS) is 14.8. The first-order chi connectivity index (χ1) is 8.49. The molecular weight excluding hydrogens is 234 g/mol. The number of nitrogens with zero attached hydrogens (tertiary/aromatic N) is 1. The minimum Gasteiger partial charge on any atom is -0.481 e. The highest BCUT2D eigenvalue weighted by Crippen LogP contribution is 2.28. The van der Waals surface area contributed by atoms with Crippen molar-refractivity contribution in [2.24, 2.45) is 11.8 Å². The lowest BCUT2D eigenvalue weighted by Gasteiger charge is -2.23. The van der Waals surface area contributed by atoms with Gasteiger partial charge in [-0.3, -0.25) is 9.59 Å². The maximum absolute atomic E-state index is 11.9. The molecule has 0 atom stereocenters. The number of carbonyl (C=O) groups is 2. The Labute approximate surface area is 108 Å². The van der Waals surface area contributed by atoms with Crippen molar-refractivity contribution in [2.45, 2.75) is 33.1 Å². The minimum absolute atomic E-state index is 0.0128. The lowest BCUT2D eigenvalue weighted by atomic mass is 10.2. The molecule has 1 aliphatic carbocycles. The molecule has 1 saturated carbocycles. The molecule has 1 aliphatic rings. The second-order valence-corrected chi connectivity index (χ2v) is 5.34. The van der Waals surface area contributed by atoms with Crippen LogP contribution in [0.5, 0.6) is 0 Å². The summed E-state index contributed by atoms with van der Waals surface area (Å²) in [7, 11) is 0. The molecule has 0 radical (unpaired) electrons. The molecule has 5 nitrogen and oxygen atoms in total. The Morgan fingerprint density at radius 1 is 1.39 bits per heavy atom. The zero-order valence-electron chi connectivity index (χ0n) is 11.2. The van der Waals surface area contributed by atoms with Gasteiger partial charge < -0.3 is 14.7 Å². The van der Waals surface area contributed by atoms with Crippen molar-refractivity contribution in [2.75, 3.05) is 26.3 Å². The summed E-state index contributed by atoms with van der Waals surface area (Å²) >= 11 is 0. The van der Waals surface area contributed by atoms with Gasteiger partial charge in [-0.15, -0.1) is 0 Å². The quantitative estimate of drug-likeness (QED) is 0.677. The summed E-state index contributed by atoms with van der Waals surface area (Å²) in [6.07, 6.45) is 2.38. The number of ether oxygens (including phenoxy) is 1. The van der Waals surface area contributed by atoms with Crippen molar-refractivity contribution in [3.8, 4) is 0 Å². The molecule has 104 valence electrons. The lowest BCUT2D eigenvalue weighted by molar-refractivity contribution is -0.140. The first-order valence-corrected chi connectivity index (χ1v) is 6.56. The van der Waals surface area contributed by atoms with Crippen LogP contribution in [-0.2, 0) is 14.3 Å². The molecule has 1 N–H and O–H groups in total. The fourth-order valence-corrected chi connectivity index (χ4v) is 1.68. The van der Waals surface area contributed by atoms with Crippen LogP contribution >= 0.6 is 0 Å². The highest BCUT2D eigenvalue weighted by atomic mass is 16.5. The van der Waals surface area contributed by atoms with Crippen molar-refractivity contribution >= 4 is 11.9 Å². The fourth-order valence-electron chi connectivity index (χ4n) is 1.68. The average Bonchev–Trinajstić information content (AvgIpc) is 3.07. The van der Waals surface area contributed by atoms with Gasteiger partial charge in [0, 0.05) is 13.1 Å². The van der Waals surface area contributed by atoms with Gasteiger partial charge in [0.2, 0.25) is 5.91 Å². The van der Waals surface area contributed by atoms with E-state index in [1.54, 1.807) is 4.90 Å².